The summed E-state index contributed by atoms with van der Waals surface area (Å²) in [7, 11) is 0. The summed E-state index contributed by atoms with van der Waals surface area (Å²) in [6, 6.07) is 115. The fourth-order valence-corrected chi connectivity index (χ4v) is 12.4. The van der Waals surface area contributed by atoms with E-state index in [2.05, 4.69) is 339 Å². The van der Waals surface area contributed by atoms with Crippen molar-refractivity contribution in [3.8, 4) is 77.9 Å². The number of rotatable bonds is 12. The molecule has 384 valence electrons. The van der Waals surface area contributed by atoms with Gasteiger partial charge in [-0.1, -0.05) is 238 Å². The number of nitrogens with zero attached hydrogens (tertiary/aromatic N) is 2. The van der Waals surface area contributed by atoms with E-state index < -0.39 is 0 Å². The van der Waals surface area contributed by atoms with Gasteiger partial charge in [-0.15, -0.1) is 0 Å². The van der Waals surface area contributed by atoms with Gasteiger partial charge >= 0.3 is 0 Å². The van der Waals surface area contributed by atoms with E-state index in [9.17, 15) is 0 Å². The van der Waals surface area contributed by atoms with Crippen molar-refractivity contribution in [2.24, 2.45) is 0 Å². The molecule has 0 amide bonds. The van der Waals surface area contributed by atoms with Gasteiger partial charge in [-0.2, -0.15) is 0 Å². The number of anilines is 6. The lowest BCUT2D eigenvalue weighted by Gasteiger charge is -2.28. The summed E-state index contributed by atoms with van der Waals surface area (Å²) in [6.45, 7) is 4.71. The maximum atomic E-state index is 2.42. The Morgan fingerprint density at radius 2 is 0.531 bits per heavy atom. The van der Waals surface area contributed by atoms with Gasteiger partial charge in [-0.25, -0.2) is 0 Å². The highest BCUT2D eigenvalue weighted by molar-refractivity contribution is 5.97. The van der Waals surface area contributed by atoms with Crippen LogP contribution in [-0.2, 0) is 5.41 Å². The van der Waals surface area contributed by atoms with Gasteiger partial charge in [0.25, 0.3) is 0 Å². The molecule has 0 aliphatic heterocycles. The molecule has 0 N–H and O–H groups in total. The molecular weight excluding hydrogens is 977 g/mol. The lowest BCUT2D eigenvalue weighted by Crippen LogP contribution is -2.16. The highest BCUT2D eigenvalue weighted by atomic mass is 15.1. The Labute approximate surface area is 475 Å². The average Bonchev–Trinajstić information content (AvgIpc) is 4.05. The minimum atomic E-state index is -0.114. The predicted molar refractivity (Wildman–Crippen MR) is 343 cm³/mol. The highest BCUT2D eigenvalue weighted by Gasteiger charge is 2.36. The molecule has 0 bridgehead atoms. The Morgan fingerprint density at radius 3 is 1.04 bits per heavy atom. The van der Waals surface area contributed by atoms with Crippen molar-refractivity contribution in [2.75, 3.05) is 9.80 Å². The van der Waals surface area contributed by atoms with Crippen molar-refractivity contribution in [3.05, 3.63) is 327 Å². The van der Waals surface area contributed by atoms with Crippen molar-refractivity contribution in [2.45, 2.75) is 19.3 Å². The van der Waals surface area contributed by atoms with E-state index >= 15 is 0 Å². The van der Waals surface area contributed by atoms with E-state index in [1.54, 1.807) is 0 Å². The first-order valence-electron chi connectivity index (χ1n) is 28.1. The van der Waals surface area contributed by atoms with E-state index in [1.165, 1.54) is 88.7 Å². The quantitative estimate of drug-likeness (QED) is 0.120. The molecule has 2 heteroatoms. The number of para-hydroxylation sites is 2. The summed E-state index contributed by atoms with van der Waals surface area (Å²) >= 11 is 0. The van der Waals surface area contributed by atoms with Crippen LogP contribution >= 0.6 is 0 Å². The molecule has 81 heavy (non-hydrogen) atoms. The Balaban J connectivity index is 0.836. The second-order valence-electron chi connectivity index (χ2n) is 21.7. The van der Waals surface area contributed by atoms with E-state index in [1.807, 2.05) is 0 Å². The lowest BCUT2D eigenvalue weighted by molar-refractivity contribution is 0.660. The Kier molecular flexibility index (Phi) is 12.6. The van der Waals surface area contributed by atoms with Crippen LogP contribution in [-0.4, -0.2) is 0 Å². The normalized spacial score (nSPS) is 12.2. The van der Waals surface area contributed by atoms with Gasteiger partial charge < -0.3 is 9.80 Å². The van der Waals surface area contributed by atoms with Crippen LogP contribution in [0.25, 0.3) is 88.7 Å². The SMILES string of the molecule is CC1(C)c2ccccc2-c2ccc(N(c3ccccc3)c3ccc(-c4cc(-c5ccccc5)c(-c5ccc(N(c6ccccc6)c6ccc(-c7ccccc7-c7ccc8ccccc8c7)cc6)cc5)cc4-c4ccccc4)cc3)cc21. The fourth-order valence-electron chi connectivity index (χ4n) is 12.4. The summed E-state index contributed by atoms with van der Waals surface area (Å²) in [5.74, 6) is 0. The first kappa shape index (κ1) is 49.0. The van der Waals surface area contributed by atoms with Crippen LogP contribution in [0.5, 0.6) is 0 Å². The standard InChI is InChI=1S/C79H58N2/c1-79(2)77-34-20-19-33-71(77)72-50-49-68(52-78(72)79)81(64-29-13-6-14-30-64)67-47-41-60(42-48-67)76-54-73(56-22-7-3-8-23-56)75(53-74(76)57-24-9-4-10-25-57)59-39-45-66(46-40-59)80(63-27-11-5-12-28-63)65-43-37-58(38-44-65)69-31-17-18-32-70(69)62-36-35-55-21-15-16-26-61(55)51-62/h3-54H,1-2H3. The Hall–Kier alpha value is -10.3. The third-order valence-electron chi connectivity index (χ3n) is 16.5. The average molecular weight is 1040 g/mol. The molecular formula is C79H58N2. The molecule has 0 heterocycles. The predicted octanol–water partition coefficient (Wildman–Crippen LogP) is 22.1. The van der Waals surface area contributed by atoms with Crippen molar-refractivity contribution in [1.82, 2.24) is 0 Å². The maximum Gasteiger partial charge on any atom is 0.0465 e. The van der Waals surface area contributed by atoms with Gasteiger partial charge in [0.1, 0.15) is 0 Å². The molecule has 14 rings (SSSR count). The summed E-state index contributed by atoms with van der Waals surface area (Å²) in [4.78, 5) is 4.75. The van der Waals surface area contributed by atoms with Crippen LogP contribution in [0.4, 0.5) is 34.1 Å². The van der Waals surface area contributed by atoms with Crippen LogP contribution in [0, 0.1) is 0 Å². The number of hydrogen-bond acceptors (Lipinski definition) is 2. The van der Waals surface area contributed by atoms with Crippen LogP contribution in [0.15, 0.2) is 315 Å². The summed E-state index contributed by atoms with van der Waals surface area (Å²) in [5, 5.41) is 2.49. The van der Waals surface area contributed by atoms with Gasteiger partial charge in [0.2, 0.25) is 0 Å². The highest BCUT2D eigenvalue weighted by Crippen LogP contribution is 2.51. The number of benzene rings is 13. The van der Waals surface area contributed by atoms with Crippen LogP contribution in [0.3, 0.4) is 0 Å². The van der Waals surface area contributed by atoms with E-state index in [0.717, 1.165) is 45.3 Å². The molecule has 13 aromatic rings. The molecule has 1 aliphatic carbocycles. The summed E-state index contributed by atoms with van der Waals surface area (Å²) in [6.07, 6.45) is 0. The van der Waals surface area contributed by atoms with Crippen LogP contribution < -0.4 is 9.80 Å². The van der Waals surface area contributed by atoms with Crippen molar-refractivity contribution >= 4 is 44.9 Å². The monoisotopic (exact) mass is 1030 g/mol. The zero-order valence-electron chi connectivity index (χ0n) is 45.4. The topological polar surface area (TPSA) is 6.48 Å². The third kappa shape index (κ3) is 9.17. The van der Waals surface area contributed by atoms with Crippen molar-refractivity contribution in [1.29, 1.82) is 0 Å². The Morgan fingerprint density at radius 1 is 0.198 bits per heavy atom. The third-order valence-corrected chi connectivity index (χ3v) is 16.5. The Bertz CT molecular complexity index is 4380. The largest absolute Gasteiger partial charge is 0.311 e. The molecule has 0 saturated carbocycles. The molecule has 13 aromatic carbocycles. The summed E-state index contributed by atoms with van der Waals surface area (Å²) in [5.41, 5.74) is 26.0. The minimum Gasteiger partial charge on any atom is -0.311 e. The van der Waals surface area contributed by atoms with Gasteiger partial charge in [0.05, 0.1) is 0 Å². The minimum absolute atomic E-state index is 0.114. The first-order valence-corrected chi connectivity index (χ1v) is 28.1. The van der Waals surface area contributed by atoms with E-state index in [0.29, 0.717) is 0 Å². The van der Waals surface area contributed by atoms with E-state index in [-0.39, 0.29) is 5.41 Å². The number of fused-ring (bicyclic) bond motifs is 4. The van der Waals surface area contributed by atoms with Gasteiger partial charge in [0.15, 0.2) is 0 Å². The molecule has 0 fully saturated rings. The van der Waals surface area contributed by atoms with Gasteiger partial charge in [0, 0.05) is 39.5 Å². The molecule has 0 saturated heterocycles. The van der Waals surface area contributed by atoms with Crippen molar-refractivity contribution < 1.29 is 0 Å². The molecule has 0 atom stereocenters. The molecule has 0 spiro atoms. The van der Waals surface area contributed by atoms with E-state index in [4.69, 9.17) is 0 Å². The van der Waals surface area contributed by atoms with Gasteiger partial charge in [-0.05, 0) is 191 Å². The van der Waals surface area contributed by atoms with Gasteiger partial charge in [-0.3, -0.25) is 0 Å². The van der Waals surface area contributed by atoms with Crippen LogP contribution in [0.1, 0.15) is 25.0 Å². The smallest absolute Gasteiger partial charge is 0.0465 e. The van der Waals surface area contributed by atoms with Crippen molar-refractivity contribution in [3.63, 3.8) is 0 Å². The lowest BCUT2D eigenvalue weighted by atomic mass is 9.82. The zero-order valence-corrected chi connectivity index (χ0v) is 45.4. The molecule has 2 nitrogen and oxygen atoms in total. The molecule has 0 unspecified atom stereocenters. The molecule has 0 aromatic heterocycles. The zero-order chi connectivity index (χ0) is 54.3. The first-order chi connectivity index (χ1) is 39.9. The second kappa shape index (κ2) is 20.8. The van der Waals surface area contributed by atoms with Crippen LogP contribution in [0.2, 0.25) is 0 Å². The summed E-state index contributed by atoms with van der Waals surface area (Å²) < 4.78 is 0. The molecule has 1 aliphatic rings. The fraction of sp³-hybridized carbons (Fsp3) is 0.0380. The maximum absolute atomic E-state index is 2.42. The second-order valence-corrected chi connectivity index (χ2v) is 21.7. The number of hydrogen-bond donors (Lipinski definition) is 0. The molecule has 0 radical (unpaired) electrons.